The van der Waals surface area contributed by atoms with Gasteiger partial charge in [0.15, 0.2) is 5.11 Å². The smallest absolute Gasteiger partial charge is 0.173 e. The fraction of sp³-hybridized carbons (Fsp3) is 0.278. The SMILES string of the molecule is CN(C)CCN(Cc1ccccc1)C(=S)Nc1cc(Cl)cc(Cl)c1. The van der Waals surface area contributed by atoms with Gasteiger partial charge in [0.2, 0.25) is 0 Å². The Hall–Kier alpha value is -1.33. The number of likely N-dealkylation sites (N-methyl/N-ethyl adjacent to an activating group) is 1. The van der Waals surface area contributed by atoms with Crippen molar-refractivity contribution in [3.05, 3.63) is 64.1 Å². The molecule has 0 saturated carbocycles. The van der Waals surface area contributed by atoms with E-state index >= 15 is 0 Å². The van der Waals surface area contributed by atoms with Crippen molar-refractivity contribution in [1.29, 1.82) is 0 Å². The number of benzene rings is 2. The number of hydrogen-bond acceptors (Lipinski definition) is 2. The van der Waals surface area contributed by atoms with E-state index < -0.39 is 0 Å². The van der Waals surface area contributed by atoms with Gasteiger partial charge in [0.1, 0.15) is 0 Å². The van der Waals surface area contributed by atoms with Crippen LogP contribution in [0.2, 0.25) is 10.0 Å². The maximum atomic E-state index is 6.06. The van der Waals surface area contributed by atoms with E-state index in [4.69, 9.17) is 35.4 Å². The van der Waals surface area contributed by atoms with Crippen molar-refractivity contribution in [2.45, 2.75) is 6.54 Å². The molecule has 6 heteroatoms. The Balaban J connectivity index is 2.10. The largest absolute Gasteiger partial charge is 0.343 e. The molecule has 2 aromatic rings. The normalized spacial score (nSPS) is 10.7. The van der Waals surface area contributed by atoms with Crippen molar-refractivity contribution in [3.63, 3.8) is 0 Å². The number of thiocarbonyl (C=S) groups is 1. The summed E-state index contributed by atoms with van der Waals surface area (Å²) in [6.45, 7) is 2.47. The van der Waals surface area contributed by atoms with Gasteiger partial charge in [-0.3, -0.25) is 0 Å². The molecule has 1 N–H and O–H groups in total. The highest BCUT2D eigenvalue weighted by atomic mass is 35.5. The van der Waals surface area contributed by atoms with Gasteiger partial charge >= 0.3 is 0 Å². The summed E-state index contributed by atoms with van der Waals surface area (Å²) in [6.07, 6.45) is 0. The summed E-state index contributed by atoms with van der Waals surface area (Å²) < 4.78 is 0. The first-order valence-electron chi connectivity index (χ1n) is 7.65. The number of halogens is 2. The van der Waals surface area contributed by atoms with Gasteiger partial charge in [-0.1, -0.05) is 53.5 Å². The Kier molecular flexibility index (Phi) is 7.31. The van der Waals surface area contributed by atoms with E-state index in [1.807, 2.05) is 44.4 Å². The van der Waals surface area contributed by atoms with Crippen molar-refractivity contribution in [2.75, 3.05) is 32.5 Å². The molecule has 0 aliphatic rings. The van der Waals surface area contributed by atoms with Crippen LogP contribution in [0.5, 0.6) is 0 Å². The maximum absolute atomic E-state index is 6.06. The molecule has 0 amide bonds. The highest BCUT2D eigenvalue weighted by molar-refractivity contribution is 7.80. The van der Waals surface area contributed by atoms with E-state index in [1.165, 1.54) is 5.56 Å². The van der Waals surface area contributed by atoms with Crippen molar-refractivity contribution >= 4 is 46.2 Å². The molecule has 0 aromatic heterocycles. The van der Waals surface area contributed by atoms with E-state index in [0.29, 0.717) is 15.2 Å². The summed E-state index contributed by atoms with van der Waals surface area (Å²) in [5, 5.41) is 5.05. The molecule has 0 saturated heterocycles. The summed E-state index contributed by atoms with van der Waals surface area (Å²) in [6, 6.07) is 15.6. The van der Waals surface area contributed by atoms with E-state index in [0.717, 1.165) is 25.3 Å². The van der Waals surface area contributed by atoms with Crippen LogP contribution in [0.25, 0.3) is 0 Å². The first kappa shape index (κ1) is 19.0. The molecule has 0 bridgehead atoms. The lowest BCUT2D eigenvalue weighted by Crippen LogP contribution is -2.38. The molecule has 128 valence electrons. The second-order valence-corrected chi connectivity index (χ2v) is 7.06. The molecule has 2 rings (SSSR count). The monoisotopic (exact) mass is 381 g/mol. The number of hydrogen-bond donors (Lipinski definition) is 1. The van der Waals surface area contributed by atoms with Gasteiger partial charge in [0.05, 0.1) is 0 Å². The fourth-order valence-electron chi connectivity index (χ4n) is 2.21. The summed E-state index contributed by atoms with van der Waals surface area (Å²) in [7, 11) is 4.10. The standard InChI is InChI=1S/C18H21Cl2N3S/c1-22(2)8-9-23(13-14-6-4-3-5-7-14)18(24)21-17-11-15(19)10-16(20)12-17/h3-7,10-12H,8-9,13H2,1-2H3,(H,21,24). The third kappa shape index (κ3) is 6.29. The van der Waals surface area contributed by atoms with Crippen LogP contribution >= 0.6 is 35.4 Å². The lowest BCUT2D eigenvalue weighted by molar-refractivity contribution is 0.328. The van der Waals surface area contributed by atoms with Gasteiger partial charge in [0.25, 0.3) is 0 Å². The molecule has 0 aliphatic carbocycles. The average molecular weight is 382 g/mol. The molecule has 0 heterocycles. The molecule has 0 fully saturated rings. The predicted molar refractivity (Wildman–Crippen MR) is 108 cm³/mol. The summed E-state index contributed by atoms with van der Waals surface area (Å²) in [4.78, 5) is 4.27. The average Bonchev–Trinajstić information content (AvgIpc) is 2.51. The number of nitrogens with zero attached hydrogens (tertiary/aromatic N) is 2. The zero-order chi connectivity index (χ0) is 17.5. The maximum Gasteiger partial charge on any atom is 0.173 e. The zero-order valence-corrected chi connectivity index (χ0v) is 16.1. The first-order chi connectivity index (χ1) is 11.4. The fourth-order valence-corrected chi connectivity index (χ4v) is 3.01. The van der Waals surface area contributed by atoms with Crippen LogP contribution in [0.1, 0.15) is 5.56 Å². The Labute approximate surface area is 159 Å². The molecule has 0 unspecified atom stereocenters. The Morgan fingerprint density at radius 2 is 1.62 bits per heavy atom. The lowest BCUT2D eigenvalue weighted by Gasteiger charge is -2.27. The molecular formula is C18H21Cl2N3S. The van der Waals surface area contributed by atoms with Crippen LogP contribution < -0.4 is 5.32 Å². The quantitative estimate of drug-likeness (QED) is 0.727. The van der Waals surface area contributed by atoms with Gasteiger partial charge in [-0.05, 0) is 50.1 Å². The van der Waals surface area contributed by atoms with Crippen molar-refractivity contribution in [2.24, 2.45) is 0 Å². The molecular weight excluding hydrogens is 361 g/mol. The minimum Gasteiger partial charge on any atom is -0.343 e. The molecule has 24 heavy (non-hydrogen) atoms. The van der Waals surface area contributed by atoms with E-state index in [9.17, 15) is 0 Å². The number of nitrogens with one attached hydrogen (secondary N) is 1. The highest BCUT2D eigenvalue weighted by Crippen LogP contribution is 2.23. The molecule has 0 aliphatic heterocycles. The van der Waals surface area contributed by atoms with Gasteiger partial charge in [-0.25, -0.2) is 0 Å². The van der Waals surface area contributed by atoms with Crippen LogP contribution in [-0.4, -0.2) is 42.1 Å². The summed E-state index contributed by atoms with van der Waals surface area (Å²) in [5.74, 6) is 0. The topological polar surface area (TPSA) is 18.5 Å². The first-order valence-corrected chi connectivity index (χ1v) is 8.81. The molecule has 0 atom stereocenters. The van der Waals surface area contributed by atoms with Gasteiger partial charge < -0.3 is 15.1 Å². The Morgan fingerprint density at radius 3 is 2.21 bits per heavy atom. The van der Waals surface area contributed by atoms with Crippen LogP contribution in [0, 0.1) is 0 Å². The van der Waals surface area contributed by atoms with Crippen LogP contribution in [-0.2, 0) is 6.54 Å². The summed E-state index contributed by atoms with van der Waals surface area (Å²) >= 11 is 17.7. The molecule has 0 radical (unpaired) electrons. The van der Waals surface area contributed by atoms with Gasteiger partial charge in [-0.15, -0.1) is 0 Å². The third-order valence-corrected chi connectivity index (χ3v) is 4.23. The second-order valence-electron chi connectivity index (χ2n) is 5.80. The lowest BCUT2D eigenvalue weighted by atomic mass is 10.2. The van der Waals surface area contributed by atoms with Gasteiger partial charge in [-0.2, -0.15) is 0 Å². The minimum atomic E-state index is 0.579. The number of rotatable bonds is 6. The third-order valence-electron chi connectivity index (χ3n) is 3.43. The number of anilines is 1. The predicted octanol–water partition coefficient (Wildman–Crippen LogP) is 4.75. The van der Waals surface area contributed by atoms with Crippen molar-refractivity contribution in [1.82, 2.24) is 9.80 Å². The second kappa shape index (κ2) is 9.23. The van der Waals surface area contributed by atoms with Crippen LogP contribution in [0.15, 0.2) is 48.5 Å². The van der Waals surface area contributed by atoms with Crippen LogP contribution in [0.4, 0.5) is 5.69 Å². The summed E-state index contributed by atoms with van der Waals surface area (Å²) in [5.41, 5.74) is 2.00. The minimum absolute atomic E-state index is 0.579. The molecule has 0 spiro atoms. The molecule has 3 nitrogen and oxygen atoms in total. The Morgan fingerprint density at radius 1 is 1.00 bits per heavy atom. The van der Waals surface area contributed by atoms with Gasteiger partial charge in [0, 0.05) is 35.4 Å². The Bertz CT molecular complexity index is 657. The van der Waals surface area contributed by atoms with E-state index in [1.54, 1.807) is 6.07 Å². The van der Waals surface area contributed by atoms with E-state index in [-0.39, 0.29) is 0 Å². The van der Waals surface area contributed by atoms with Crippen molar-refractivity contribution in [3.8, 4) is 0 Å². The van der Waals surface area contributed by atoms with Crippen molar-refractivity contribution < 1.29 is 0 Å². The van der Waals surface area contributed by atoms with Crippen LogP contribution in [0.3, 0.4) is 0 Å². The highest BCUT2D eigenvalue weighted by Gasteiger charge is 2.12. The molecule has 2 aromatic carbocycles. The zero-order valence-electron chi connectivity index (χ0n) is 13.8. The van der Waals surface area contributed by atoms with E-state index in [2.05, 4.69) is 27.2 Å².